The zero-order valence-corrected chi connectivity index (χ0v) is 13.8. The van der Waals surface area contributed by atoms with E-state index in [4.69, 9.17) is 4.42 Å². The van der Waals surface area contributed by atoms with Crippen LogP contribution < -0.4 is 5.32 Å². The Hall–Kier alpha value is -0.870. The molecular weight excluding hydrogens is 322 g/mol. The third kappa shape index (κ3) is 3.80. The largest absolute Gasteiger partial charge is 0.463 e. The number of benzene rings is 1. The standard InChI is InChI=1S/C15H18BrNOS/c1-10-6-12(16)7-11(2)15(10)17-8-13-4-5-14(18-13)9-19-3/h4-7,17H,8-9H2,1-3H3. The summed E-state index contributed by atoms with van der Waals surface area (Å²) < 4.78 is 6.88. The molecule has 1 heterocycles. The van der Waals surface area contributed by atoms with Gasteiger partial charge in [-0.15, -0.1) is 0 Å². The lowest BCUT2D eigenvalue weighted by molar-refractivity contribution is 0.487. The van der Waals surface area contributed by atoms with E-state index in [0.29, 0.717) is 0 Å². The summed E-state index contributed by atoms with van der Waals surface area (Å²) in [7, 11) is 0. The topological polar surface area (TPSA) is 25.2 Å². The van der Waals surface area contributed by atoms with E-state index in [1.807, 2.05) is 6.07 Å². The molecule has 2 rings (SSSR count). The molecule has 0 aliphatic rings. The molecule has 1 aromatic heterocycles. The van der Waals surface area contributed by atoms with E-state index in [9.17, 15) is 0 Å². The highest BCUT2D eigenvalue weighted by Crippen LogP contribution is 2.25. The van der Waals surface area contributed by atoms with Crippen molar-refractivity contribution in [1.29, 1.82) is 0 Å². The summed E-state index contributed by atoms with van der Waals surface area (Å²) in [5, 5.41) is 3.46. The van der Waals surface area contributed by atoms with Crippen molar-refractivity contribution < 1.29 is 4.42 Å². The second kappa shape index (κ2) is 6.53. The van der Waals surface area contributed by atoms with Crippen LogP contribution in [-0.4, -0.2) is 6.26 Å². The van der Waals surface area contributed by atoms with E-state index < -0.39 is 0 Å². The number of furan rings is 1. The van der Waals surface area contributed by atoms with Gasteiger partial charge in [0, 0.05) is 10.2 Å². The minimum absolute atomic E-state index is 0.720. The molecule has 0 aliphatic heterocycles. The maximum absolute atomic E-state index is 5.76. The molecule has 2 aromatic rings. The molecule has 0 atom stereocenters. The lowest BCUT2D eigenvalue weighted by atomic mass is 10.1. The maximum Gasteiger partial charge on any atom is 0.123 e. The highest BCUT2D eigenvalue weighted by Gasteiger charge is 2.06. The second-order valence-electron chi connectivity index (χ2n) is 4.57. The summed E-state index contributed by atoms with van der Waals surface area (Å²) in [5.41, 5.74) is 3.66. The van der Waals surface area contributed by atoms with E-state index in [0.717, 1.165) is 28.3 Å². The Morgan fingerprint density at radius 1 is 1.16 bits per heavy atom. The summed E-state index contributed by atoms with van der Waals surface area (Å²) in [6.45, 7) is 4.94. The van der Waals surface area contributed by atoms with Crippen LogP contribution in [0.1, 0.15) is 22.6 Å². The number of nitrogens with one attached hydrogen (secondary N) is 1. The van der Waals surface area contributed by atoms with Crippen LogP contribution in [0, 0.1) is 13.8 Å². The molecule has 1 aromatic carbocycles. The van der Waals surface area contributed by atoms with Gasteiger partial charge in [-0.3, -0.25) is 0 Å². The van der Waals surface area contributed by atoms with Crippen molar-refractivity contribution in [3.05, 3.63) is 51.4 Å². The van der Waals surface area contributed by atoms with Gasteiger partial charge in [-0.05, 0) is 55.5 Å². The lowest BCUT2D eigenvalue weighted by Crippen LogP contribution is -2.02. The highest BCUT2D eigenvalue weighted by molar-refractivity contribution is 9.10. The van der Waals surface area contributed by atoms with Crippen molar-refractivity contribution in [2.45, 2.75) is 26.1 Å². The van der Waals surface area contributed by atoms with Crippen molar-refractivity contribution in [2.75, 3.05) is 11.6 Å². The molecule has 4 heteroatoms. The van der Waals surface area contributed by atoms with Crippen LogP contribution in [0.25, 0.3) is 0 Å². The molecule has 1 N–H and O–H groups in total. The minimum atomic E-state index is 0.720. The summed E-state index contributed by atoms with van der Waals surface area (Å²) in [4.78, 5) is 0. The third-order valence-corrected chi connectivity index (χ3v) is 3.97. The fourth-order valence-electron chi connectivity index (χ4n) is 2.10. The summed E-state index contributed by atoms with van der Waals surface area (Å²) >= 11 is 5.28. The first kappa shape index (κ1) is 14.5. The number of rotatable bonds is 5. The van der Waals surface area contributed by atoms with Crippen molar-refractivity contribution in [3.63, 3.8) is 0 Å². The average molecular weight is 340 g/mol. The van der Waals surface area contributed by atoms with E-state index >= 15 is 0 Å². The van der Waals surface area contributed by atoms with Crippen molar-refractivity contribution >= 4 is 33.4 Å². The molecule has 0 saturated carbocycles. The Morgan fingerprint density at radius 3 is 2.42 bits per heavy atom. The van der Waals surface area contributed by atoms with Gasteiger partial charge in [0.1, 0.15) is 11.5 Å². The van der Waals surface area contributed by atoms with E-state index in [1.165, 1.54) is 16.8 Å². The first-order valence-corrected chi connectivity index (χ1v) is 8.36. The normalized spacial score (nSPS) is 10.7. The van der Waals surface area contributed by atoms with E-state index in [1.54, 1.807) is 11.8 Å². The Kier molecular flexibility index (Phi) is 4.99. The Labute approximate surface area is 127 Å². The van der Waals surface area contributed by atoms with Gasteiger partial charge in [-0.25, -0.2) is 0 Å². The van der Waals surface area contributed by atoms with E-state index in [2.05, 4.69) is 59.5 Å². The number of halogens is 1. The molecule has 19 heavy (non-hydrogen) atoms. The Bertz CT molecular complexity index is 542. The predicted octanol–water partition coefficient (Wildman–Crippen LogP) is 5.13. The molecular formula is C15H18BrNOS. The SMILES string of the molecule is CSCc1ccc(CNc2c(C)cc(Br)cc2C)o1. The van der Waals surface area contributed by atoms with Crippen LogP contribution in [0.4, 0.5) is 5.69 Å². The highest BCUT2D eigenvalue weighted by atomic mass is 79.9. The number of aryl methyl sites for hydroxylation is 2. The van der Waals surface area contributed by atoms with Crippen molar-refractivity contribution in [1.82, 2.24) is 0 Å². The number of hydrogen-bond donors (Lipinski definition) is 1. The first-order chi connectivity index (χ1) is 9.10. The molecule has 0 amide bonds. The summed E-state index contributed by atoms with van der Waals surface area (Å²) in [6.07, 6.45) is 2.08. The molecule has 102 valence electrons. The van der Waals surface area contributed by atoms with Crippen molar-refractivity contribution in [3.8, 4) is 0 Å². The van der Waals surface area contributed by atoms with Gasteiger partial charge in [0.15, 0.2) is 0 Å². The van der Waals surface area contributed by atoms with Crippen LogP contribution >= 0.6 is 27.7 Å². The Morgan fingerprint density at radius 2 is 1.79 bits per heavy atom. The number of thioether (sulfide) groups is 1. The molecule has 0 spiro atoms. The van der Waals surface area contributed by atoms with Gasteiger partial charge in [0.25, 0.3) is 0 Å². The maximum atomic E-state index is 5.76. The quantitative estimate of drug-likeness (QED) is 0.816. The predicted molar refractivity (Wildman–Crippen MR) is 86.9 cm³/mol. The van der Waals surface area contributed by atoms with Crippen molar-refractivity contribution in [2.24, 2.45) is 0 Å². The van der Waals surface area contributed by atoms with Gasteiger partial charge in [0.2, 0.25) is 0 Å². The Balaban J connectivity index is 2.05. The van der Waals surface area contributed by atoms with Crippen LogP contribution in [0.2, 0.25) is 0 Å². The van der Waals surface area contributed by atoms with Crippen LogP contribution in [0.15, 0.2) is 33.2 Å². The number of hydrogen-bond acceptors (Lipinski definition) is 3. The van der Waals surface area contributed by atoms with Gasteiger partial charge >= 0.3 is 0 Å². The molecule has 0 unspecified atom stereocenters. The fraction of sp³-hybridized carbons (Fsp3) is 0.333. The monoisotopic (exact) mass is 339 g/mol. The van der Waals surface area contributed by atoms with Crippen LogP contribution in [0.5, 0.6) is 0 Å². The molecule has 0 saturated heterocycles. The molecule has 0 aliphatic carbocycles. The number of anilines is 1. The van der Waals surface area contributed by atoms with Gasteiger partial charge in [-0.2, -0.15) is 11.8 Å². The molecule has 2 nitrogen and oxygen atoms in total. The molecule has 0 radical (unpaired) electrons. The van der Waals surface area contributed by atoms with Crippen LogP contribution in [-0.2, 0) is 12.3 Å². The average Bonchev–Trinajstić information content (AvgIpc) is 2.76. The first-order valence-electron chi connectivity index (χ1n) is 6.17. The minimum Gasteiger partial charge on any atom is -0.463 e. The van der Waals surface area contributed by atoms with Gasteiger partial charge < -0.3 is 9.73 Å². The molecule has 0 fully saturated rings. The van der Waals surface area contributed by atoms with Gasteiger partial charge in [-0.1, -0.05) is 15.9 Å². The fourth-order valence-corrected chi connectivity index (χ4v) is 3.23. The zero-order valence-electron chi connectivity index (χ0n) is 11.4. The smallest absolute Gasteiger partial charge is 0.123 e. The van der Waals surface area contributed by atoms with E-state index in [-0.39, 0.29) is 0 Å². The third-order valence-electron chi connectivity index (χ3n) is 2.94. The second-order valence-corrected chi connectivity index (χ2v) is 6.35. The summed E-state index contributed by atoms with van der Waals surface area (Å²) in [5.74, 6) is 2.94. The lowest BCUT2D eigenvalue weighted by Gasteiger charge is -2.12. The van der Waals surface area contributed by atoms with Gasteiger partial charge in [0.05, 0.1) is 12.3 Å². The molecule has 0 bridgehead atoms. The van der Waals surface area contributed by atoms with Crippen LogP contribution in [0.3, 0.4) is 0 Å². The summed E-state index contributed by atoms with van der Waals surface area (Å²) in [6, 6.07) is 8.34. The zero-order chi connectivity index (χ0) is 13.8.